The van der Waals surface area contributed by atoms with Gasteiger partial charge >= 0.3 is 5.97 Å². The Kier molecular flexibility index (Phi) is 8.42. The smallest absolute Gasteiger partial charge is 0.307 e. The molecule has 0 aromatic heterocycles. The second kappa shape index (κ2) is 11.0. The standard InChI is InChI=1S/C22H19Cl2NO5S2/c1-28-18-9-13(3-6-17(18)30-12-14-4-5-15(23)11-16(14)24)10-19-21(27)25(22(31)32-19)8-7-20(26)29-2/h3-6,9-11H,7-8,12H2,1-2H3/b19-10-. The van der Waals surface area contributed by atoms with E-state index in [1.165, 1.54) is 30.9 Å². The van der Waals surface area contributed by atoms with E-state index in [9.17, 15) is 9.59 Å². The molecular weight excluding hydrogens is 493 g/mol. The first-order chi connectivity index (χ1) is 15.3. The molecule has 0 radical (unpaired) electrons. The number of hydrogen-bond acceptors (Lipinski definition) is 7. The third-order valence-corrected chi connectivity index (χ3v) is 6.49. The van der Waals surface area contributed by atoms with E-state index in [1.807, 2.05) is 6.07 Å². The van der Waals surface area contributed by atoms with Gasteiger partial charge in [0.1, 0.15) is 10.9 Å². The zero-order valence-corrected chi connectivity index (χ0v) is 20.4. The summed E-state index contributed by atoms with van der Waals surface area (Å²) in [6.45, 7) is 0.419. The Balaban J connectivity index is 1.72. The van der Waals surface area contributed by atoms with Crippen LogP contribution >= 0.6 is 47.2 Å². The Bertz CT molecular complexity index is 1090. The summed E-state index contributed by atoms with van der Waals surface area (Å²) in [4.78, 5) is 25.9. The second-order valence-corrected chi connectivity index (χ2v) is 9.11. The molecule has 0 unspecified atom stereocenters. The maximum Gasteiger partial charge on any atom is 0.307 e. The van der Waals surface area contributed by atoms with Gasteiger partial charge in [-0.3, -0.25) is 14.5 Å². The molecule has 0 N–H and O–H groups in total. The average Bonchev–Trinajstić information content (AvgIpc) is 3.04. The van der Waals surface area contributed by atoms with E-state index in [0.29, 0.717) is 30.8 Å². The summed E-state index contributed by atoms with van der Waals surface area (Å²) in [5.41, 5.74) is 1.53. The lowest BCUT2D eigenvalue weighted by Crippen LogP contribution is -2.30. The molecule has 1 aliphatic heterocycles. The number of hydrogen-bond donors (Lipinski definition) is 0. The molecule has 32 heavy (non-hydrogen) atoms. The maximum atomic E-state index is 12.7. The third kappa shape index (κ3) is 5.95. The zero-order chi connectivity index (χ0) is 23.3. The minimum Gasteiger partial charge on any atom is -0.493 e. The van der Waals surface area contributed by atoms with Crippen LogP contribution in [0, 0.1) is 0 Å². The molecule has 6 nitrogen and oxygen atoms in total. The van der Waals surface area contributed by atoms with Gasteiger partial charge in [-0.15, -0.1) is 0 Å². The van der Waals surface area contributed by atoms with Crippen molar-refractivity contribution in [3.8, 4) is 11.5 Å². The number of thioether (sulfide) groups is 1. The summed E-state index contributed by atoms with van der Waals surface area (Å²) >= 11 is 18.6. The first kappa shape index (κ1) is 24.4. The van der Waals surface area contributed by atoms with E-state index in [-0.39, 0.29) is 25.5 Å². The Morgan fingerprint density at radius 3 is 2.62 bits per heavy atom. The summed E-state index contributed by atoms with van der Waals surface area (Å²) < 4.78 is 16.3. The molecule has 0 bridgehead atoms. The lowest BCUT2D eigenvalue weighted by molar-refractivity contribution is -0.140. The number of esters is 1. The van der Waals surface area contributed by atoms with Gasteiger partial charge in [-0.1, -0.05) is 59.3 Å². The highest BCUT2D eigenvalue weighted by molar-refractivity contribution is 8.26. The maximum absolute atomic E-state index is 12.7. The molecular formula is C22H19Cl2NO5S2. The number of carbonyl (C=O) groups is 2. The van der Waals surface area contributed by atoms with Crippen LogP contribution in [0.2, 0.25) is 10.0 Å². The summed E-state index contributed by atoms with van der Waals surface area (Å²) in [6.07, 6.45) is 1.80. The molecule has 0 atom stereocenters. The average molecular weight is 512 g/mol. The van der Waals surface area contributed by atoms with Gasteiger partial charge < -0.3 is 14.2 Å². The van der Waals surface area contributed by atoms with E-state index in [1.54, 1.807) is 36.4 Å². The number of ether oxygens (including phenoxy) is 3. The van der Waals surface area contributed by atoms with Gasteiger partial charge in [-0.2, -0.15) is 0 Å². The number of nitrogens with zero attached hydrogens (tertiary/aromatic N) is 1. The molecule has 168 valence electrons. The first-order valence-electron chi connectivity index (χ1n) is 9.39. The fourth-order valence-corrected chi connectivity index (χ4v) is 4.61. The molecule has 10 heteroatoms. The SMILES string of the molecule is COC(=O)CCN1C(=O)/C(=C/c2ccc(OCc3ccc(Cl)cc3Cl)c(OC)c2)SC1=S. The van der Waals surface area contributed by atoms with Crippen molar-refractivity contribution in [2.45, 2.75) is 13.0 Å². The van der Waals surface area contributed by atoms with Gasteiger partial charge in [0, 0.05) is 22.2 Å². The van der Waals surface area contributed by atoms with Crippen LogP contribution in [0.5, 0.6) is 11.5 Å². The number of thiocarbonyl (C=S) groups is 1. The van der Waals surface area contributed by atoms with E-state index in [2.05, 4.69) is 4.74 Å². The topological polar surface area (TPSA) is 65.1 Å². The molecule has 0 spiro atoms. The number of benzene rings is 2. The van der Waals surface area contributed by atoms with Gasteiger partial charge in [0.25, 0.3) is 5.91 Å². The summed E-state index contributed by atoms with van der Waals surface area (Å²) in [7, 11) is 2.84. The van der Waals surface area contributed by atoms with Crippen molar-refractivity contribution in [2.24, 2.45) is 0 Å². The lowest BCUT2D eigenvalue weighted by Gasteiger charge is -2.13. The molecule has 1 fully saturated rings. The van der Waals surface area contributed by atoms with Crippen LogP contribution in [-0.4, -0.2) is 41.9 Å². The van der Waals surface area contributed by atoms with Crippen LogP contribution in [0.3, 0.4) is 0 Å². The highest BCUT2D eigenvalue weighted by Gasteiger charge is 2.32. The fourth-order valence-electron chi connectivity index (χ4n) is 2.84. The quantitative estimate of drug-likeness (QED) is 0.269. The van der Waals surface area contributed by atoms with Crippen molar-refractivity contribution in [3.05, 3.63) is 62.5 Å². The molecule has 1 aliphatic rings. The first-order valence-corrected chi connectivity index (χ1v) is 11.4. The van der Waals surface area contributed by atoms with Crippen molar-refractivity contribution < 1.29 is 23.8 Å². The minimum atomic E-state index is -0.400. The summed E-state index contributed by atoms with van der Waals surface area (Å²) in [5.74, 6) is 0.384. The van der Waals surface area contributed by atoms with E-state index >= 15 is 0 Å². The van der Waals surface area contributed by atoms with Gasteiger partial charge in [-0.05, 0) is 35.9 Å². The minimum absolute atomic E-state index is 0.0771. The normalized spacial score (nSPS) is 14.8. The van der Waals surface area contributed by atoms with Crippen LogP contribution in [0.1, 0.15) is 17.5 Å². The van der Waals surface area contributed by atoms with Crippen LogP contribution < -0.4 is 9.47 Å². The fraction of sp³-hybridized carbons (Fsp3) is 0.227. The molecule has 3 rings (SSSR count). The number of methoxy groups -OCH3 is 2. The van der Waals surface area contributed by atoms with Crippen molar-refractivity contribution in [1.82, 2.24) is 4.90 Å². The number of rotatable bonds is 8. The Labute approximate surface area is 205 Å². The summed E-state index contributed by atoms with van der Waals surface area (Å²) in [6, 6.07) is 10.5. The van der Waals surface area contributed by atoms with E-state index in [4.69, 9.17) is 44.9 Å². The molecule has 2 aromatic rings. The molecule has 1 saturated heterocycles. The monoisotopic (exact) mass is 511 g/mol. The second-order valence-electron chi connectivity index (χ2n) is 6.59. The van der Waals surface area contributed by atoms with Gasteiger partial charge in [0.2, 0.25) is 0 Å². The van der Waals surface area contributed by atoms with Gasteiger partial charge in [0.05, 0.1) is 25.5 Å². The van der Waals surface area contributed by atoms with Crippen molar-refractivity contribution in [3.63, 3.8) is 0 Å². The highest BCUT2D eigenvalue weighted by Crippen LogP contribution is 2.35. The number of halogens is 2. The highest BCUT2D eigenvalue weighted by atomic mass is 35.5. The molecule has 1 amide bonds. The predicted octanol–water partition coefficient (Wildman–Crippen LogP) is 5.35. The van der Waals surface area contributed by atoms with Crippen LogP contribution in [0.25, 0.3) is 6.08 Å². The predicted molar refractivity (Wildman–Crippen MR) is 130 cm³/mol. The van der Waals surface area contributed by atoms with Crippen molar-refractivity contribution in [1.29, 1.82) is 0 Å². The van der Waals surface area contributed by atoms with Crippen LogP contribution in [0.15, 0.2) is 41.3 Å². The van der Waals surface area contributed by atoms with Gasteiger partial charge in [0.15, 0.2) is 11.5 Å². The molecule has 2 aromatic carbocycles. The molecule has 1 heterocycles. The molecule has 0 aliphatic carbocycles. The summed E-state index contributed by atoms with van der Waals surface area (Å²) in [5, 5.41) is 1.07. The third-order valence-electron chi connectivity index (χ3n) is 4.52. The largest absolute Gasteiger partial charge is 0.493 e. The van der Waals surface area contributed by atoms with E-state index < -0.39 is 5.97 Å². The van der Waals surface area contributed by atoms with Gasteiger partial charge in [-0.25, -0.2) is 0 Å². The van der Waals surface area contributed by atoms with Crippen LogP contribution in [-0.2, 0) is 20.9 Å². The van der Waals surface area contributed by atoms with Crippen molar-refractivity contribution >= 4 is 69.5 Å². The Morgan fingerprint density at radius 1 is 1.16 bits per heavy atom. The van der Waals surface area contributed by atoms with Crippen LogP contribution in [0.4, 0.5) is 0 Å². The molecule has 0 saturated carbocycles. The Morgan fingerprint density at radius 2 is 1.94 bits per heavy atom. The zero-order valence-electron chi connectivity index (χ0n) is 17.2. The number of carbonyl (C=O) groups excluding carboxylic acids is 2. The van der Waals surface area contributed by atoms with Crippen molar-refractivity contribution in [2.75, 3.05) is 20.8 Å². The lowest BCUT2D eigenvalue weighted by atomic mass is 10.1. The van der Waals surface area contributed by atoms with E-state index in [0.717, 1.165) is 11.1 Å². The number of amides is 1. The Hall–Kier alpha value is -2.26.